The van der Waals surface area contributed by atoms with E-state index in [4.69, 9.17) is 9.70 Å². The van der Waals surface area contributed by atoms with Crippen LogP contribution in [0.1, 0.15) is 387 Å². The Morgan fingerprint density at radius 2 is 0.341 bits per heavy atom. The van der Waals surface area contributed by atoms with Crippen LogP contribution in [0, 0.1) is 0 Å². The average Bonchev–Trinajstić information content (AvgIpc) is 3.49. The smallest absolute Gasteiger partial charge is 0.748 e. The molecule has 0 fully saturated rings. The van der Waals surface area contributed by atoms with Crippen LogP contribution in [-0.4, -0.2) is 76.4 Å². The van der Waals surface area contributed by atoms with E-state index in [2.05, 4.69) is 27.7 Å². The summed E-state index contributed by atoms with van der Waals surface area (Å²) in [6.45, 7) is 8.97. The summed E-state index contributed by atoms with van der Waals surface area (Å²) in [6, 6.07) is 0. The Hall–Kier alpha value is 1.17. The van der Waals surface area contributed by atoms with Crippen molar-refractivity contribution in [2.45, 2.75) is 387 Å². The largest absolute Gasteiger partial charge is 1.00 e. The zero-order chi connectivity index (χ0) is 60.1. The zero-order valence-electron chi connectivity index (χ0n) is 54.5. The summed E-state index contributed by atoms with van der Waals surface area (Å²) < 4.78 is 125. The summed E-state index contributed by atoms with van der Waals surface area (Å²) in [5.41, 5.74) is 0. The molecule has 0 heterocycles. The van der Waals surface area contributed by atoms with Crippen molar-refractivity contribution in [1.82, 2.24) is 0 Å². The van der Waals surface area contributed by atoms with E-state index in [0.29, 0.717) is 44.9 Å². The van der Waals surface area contributed by atoms with Gasteiger partial charge in [0, 0.05) is 5.75 Å². The van der Waals surface area contributed by atoms with E-state index in [9.17, 15) is 38.2 Å². The summed E-state index contributed by atoms with van der Waals surface area (Å²) in [5.74, 6) is -1.19. The van der Waals surface area contributed by atoms with Crippen LogP contribution in [0.5, 0.6) is 0 Å². The second-order valence-corrected chi connectivity index (χ2v) is 33.0. The van der Waals surface area contributed by atoms with E-state index in [0.717, 1.165) is 70.6 Å². The molecule has 0 saturated heterocycles. The van der Waals surface area contributed by atoms with E-state index in [1.807, 2.05) is 0 Å². The predicted octanol–water partition coefficient (Wildman–Crippen LogP) is 17.5. The van der Waals surface area contributed by atoms with Crippen LogP contribution < -0.4 is 29.6 Å². The van der Waals surface area contributed by atoms with Gasteiger partial charge in [0.25, 0.3) is 0 Å². The van der Waals surface area contributed by atoms with Crippen molar-refractivity contribution < 1.29 is 77.5 Å². The minimum absolute atomic E-state index is 0. The molecule has 18 heteroatoms. The standard InChI is InChI=1S/4C16H34O3S.Al.Na/c4*1-2-3-4-5-6-7-8-9-10-11-12-13-14-15-16-20(17,18)19;;/h4*2-16H2,1H3,(H,17,18,19);;/q;;;;+3;+1/p-4. The van der Waals surface area contributed by atoms with Crippen LogP contribution in [0.15, 0.2) is 0 Å². The normalized spacial score (nSPS) is 12.2. The number of rotatable bonds is 66. The van der Waals surface area contributed by atoms with Crippen molar-refractivity contribution in [3.05, 3.63) is 0 Å². The summed E-state index contributed by atoms with van der Waals surface area (Å²) in [6.07, 6.45) is 64.4. The summed E-state index contributed by atoms with van der Waals surface area (Å²) in [7, 11) is -16.8. The van der Waals surface area contributed by atoms with Gasteiger partial charge in [-0.2, -0.15) is 0 Å². The van der Waals surface area contributed by atoms with Gasteiger partial charge in [-0.15, -0.1) is 0 Å². The van der Waals surface area contributed by atoms with E-state index in [1.54, 1.807) is 0 Å². The van der Waals surface area contributed by atoms with Crippen molar-refractivity contribution in [3.63, 3.8) is 0 Å². The topological polar surface area (TPSA) is 187 Å². The Bertz CT molecular complexity index is 1590. The van der Waals surface area contributed by atoms with Gasteiger partial charge in [-0.25, -0.2) is 33.7 Å². The van der Waals surface area contributed by atoms with Crippen molar-refractivity contribution in [3.8, 4) is 0 Å². The van der Waals surface area contributed by atoms with Gasteiger partial charge in [0.15, 0.2) is 0 Å². The third kappa shape index (κ3) is 73.6. The Morgan fingerprint density at radius 3 is 0.476 bits per heavy atom. The summed E-state index contributed by atoms with van der Waals surface area (Å²) in [5, 5.41) is 0. The third-order valence-electron chi connectivity index (χ3n) is 15.7. The Balaban J connectivity index is -0.00000250. The molecule has 0 amide bonds. The van der Waals surface area contributed by atoms with Gasteiger partial charge in [-0.1, -0.05) is 362 Å². The SMILES string of the molecule is CCCCCCCCCCCCCCCCS(=O)(=O)[O-].CCCCCCCCCCCCCCCCS(=O)(=O)[O][Al]([O]S(=O)(=O)CCCCCCCCCCCCCCCC)[O]S(=O)(=O)CCCCCCCCCCCCCCCC.[Na+]. The fraction of sp³-hybridized carbons (Fsp3) is 1.00. The molecule has 0 saturated carbocycles. The molecule has 0 aromatic rings. The van der Waals surface area contributed by atoms with Crippen LogP contribution in [0.4, 0.5) is 0 Å². The molecule has 0 N–H and O–H groups in total. The number of hydrogen-bond acceptors (Lipinski definition) is 12. The first-order valence-electron chi connectivity index (χ1n) is 34.7. The molecular formula is C64H132AlNaO12S4. The van der Waals surface area contributed by atoms with Gasteiger partial charge >= 0.3 is 44.7 Å². The fourth-order valence-corrected chi connectivity index (χ4v) is 18.0. The van der Waals surface area contributed by atoms with Crippen molar-refractivity contribution >= 4 is 55.6 Å². The van der Waals surface area contributed by atoms with E-state index < -0.39 is 55.6 Å². The second kappa shape index (κ2) is 65.1. The van der Waals surface area contributed by atoms with Crippen LogP contribution in [0.3, 0.4) is 0 Å². The van der Waals surface area contributed by atoms with Crippen LogP contribution in [0.2, 0.25) is 0 Å². The molecule has 0 aliphatic carbocycles. The van der Waals surface area contributed by atoms with Gasteiger partial charge in [0.2, 0.25) is 30.4 Å². The van der Waals surface area contributed by atoms with E-state index in [-0.39, 0.29) is 52.6 Å². The maximum Gasteiger partial charge on any atom is 1.00 e. The second-order valence-electron chi connectivity index (χ2n) is 24.0. The van der Waals surface area contributed by atoms with Gasteiger partial charge < -0.3 is 14.3 Å². The number of unbranched alkanes of at least 4 members (excludes halogenated alkanes) is 52. The van der Waals surface area contributed by atoms with Gasteiger partial charge in [-0.3, -0.25) is 0 Å². The molecule has 488 valence electrons. The van der Waals surface area contributed by atoms with Crippen LogP contribution in [-0.2, 0) is 50.2 Å². The monoisotopic (exact) mass is 1270 g/mol. The Morgan fingerprint density at radius 1 is 0.220 bits per heavy atom. The molecule has 0 unspecified atom stereocenters. The Kier molecular flexibility index (Phi) is 69.4. The molecule has 0 radical (unpaired) electrons. The summed E-state index contributed by atoms with van der Waals surface area (Å²) in [4.78, 5) is 0. The first kappa shape index (κ1) is 87.4. The molecule has 82 heavy (non-hydrogen) atoms. The van der Waals surface area contributed by atoms with Gasteiger partial charge in [0.1, 0.15) is 0 Å². The maximum atomic E-state index is 13.0. The van der Waals surface area contributed by atoms with E-state index in [1.165, 1.54) is 244 Å². The average molecular weight is 1270 g/mol. The molecule has 0 bridgehead atoms. The molecule has 0 aromatic heterocycles. The fourth-order valence-electron chi connectivity index (χ4n) is 10.4. The van der Waals surface area contributed by atoms with Gasteiger partial charge in [0.05, 0.1) is 27.4 Å². The van der Waals surface area contributed by atoms with E-state index >= 15 is 0 Å². The number of hydrogen-bond donors (Lipinski definition) is 0. The Labute approximate surface area is 538 Å². The van der Waals surface area contributed by atoms with Crippen molar-refractivity contribution in [1.29, 1.82) is 0 Å². The first-order chi connectivity index (χ1) is 39.0. The van der Waals surface area contributed by atoms with Crippen LogP contribution >= 0.6 is 0 Å². The van der Waals surface area contributed by atoms with Gasteiger partial charge in [-0.05, 0) is 25.7 Å². The molecule has 12 nitrogen and oxygen atoms in total. The molecule has 0 aliphatic heterocycles. The quantitative estimate of drug-likeness (QED) is 0.0319. The molecule has 0 aromatic carbocycles. The molecular weight excluding hydrogens is 1140 g/mol. The molecule has 0 rings (SSSR count). The minimum Gasteiger partial charge on any atom is -0.748 e. The molecule has 0 atom stereocenters. The molecule has 0 aliphatic rings. The third-order valence-corrected chi connectivity index (χ3v) is 24.2. The minimum atomic E-state index is -4.26. The molecule has 0 spiro atoms. The predicted molar refractivity (Wildman–Crippen MR) is 346 cm³/mol. The van der Waals surface area contributed by atoms with Crippen molar-refractivity contribution in [2.75, 3.05) is 23.0 Å². The van der Waals surface area contributed by atoms with Crippen molar-refractivity contribution in [2.24, 2.45) is 0 Å². The summed E-state index contributed by atoms with van der Waals surface area (Å²) >= 11 is -4.15. The van der Waals surface area contributed by atoms with Crippen LogP contribution in [0.25, 0.3) is 0 Å². The first-order valence-corrected chi connectivity index (χ1v) is 42.4. The maximum absolute atomic E-state index is 13.0. The zero-order valence-corrected chi connectivity index (χ0v) is 61.0.